The topological polar surface area (TPSA) is 32.3 Å². The first-order valence-corrected chi connectivity index (χ1v) is 9.11. The zero-order chi connectivity index (χ0) is 18.1. The molecule has 0 fully saturated rings. The van der Waals surface area contributed by atoms with Crippen LogP contribution >= 0.6 is 23.2 Å². The molecule has 130 valence electrons. The van der Waals surface area contributed by atoms with E-state index in [0.29, 0.717) is 15.6 Å². The quantitative estimate of drug-likeness (QED) is 0.627. The maximum atomic E-state index is 12.9. The van der Waals surface area contributed by atoms with Gasteiger partial charge in [0.05, 0.1) is 22.0 Å². The number of nitrogens with one attached hydrogen (secondary N) is 1. The van der Waals surface area contributed by atoms with Gasteiger partial charge in [0.2, 0.25) is 0 Å². The monoisotopic (exact) mass is 382 g/mol. The van der Waals surface area contributed by atoms with Crippen molar-refractivity contribution in [2.45, 2.75) is 12.8 Å². The normalized spacial score (nSPS) is 12.8. The van der Waals surface area contributed by atoms with E-state index in [9.17, 15) is 4.79 Å². The number of benzene rings is 3. The van der Waals surface area contributed by atoms with Crippen LogP contribution in [-0.2, 0) is 12.8 Å². The van der Waals surface area contributed by atoms with Crippen molar-refractivity contribution in [3.8, 4) is 0 Å². The lowest BCUT2D eigenvalue weighted by molar-refractivity contribution is 0.0954. The smallest absolute Gasteiger partial charge is 0.267 e. The minimum Gasteiger partial charge on any atom is -0.267 e. The van der Waals surface area contributed by atoms with Gasteiger partial charge >= 0.3 is 0 Å². The van der Waals surface area contributed by atoms with Gasteiger partial charge in [-0.05, 0) is 54.3 Å². The van der Waals surface area contributed by atoms with Crippen molar-refractivity contribution in [3.05, 3.63) is 93.5 Å². The third-order valence-corrected chi connectivity index (χ3v) is 5.07. The molecule has 3 aromatic rings. The molecule has 1 heterocycles. The molecule has 26 heavy (non-hydrogen) atoms. The highest BCUT2D eigenvalue weighted by atomic mass is 35.5. The van der Waals surface area contributed by atoms with E-state index in [4.69, 9.17) is 23.2 Å². The average molecular weight is 383 g/mol. The maximum absolute atomic E-state index is 12.9. The van der Waals surface area contributed by atoms with E-state index in [0.717, 1.165) is 24.2 Å². The van der Waals surface area contributed by atoms with Gasteiger partial charge < -0.3 is 0 Å². The molecule has 0 unspecified atom stereocenters. The summed E-state index contributed by atoms with van der Waals surface area (Å²) in [6, 6.07) is 21.1. The summed E-state index contributed by atoms with van der Waals surface area (Å²) in [6.07, 6.45) is 1.84. The molecule has 0 saturated heterocycles. The molecule has 0 aromatic heterocycles. The lowest BCUT2D eigenvalue weighted by Crippen LogP contribution is -2.39. The van der Waals surface area contributed by atoms with Gasteiger partial charge in [0.25, 0.3) is 5.91 Å². The summed E-state index contributed by atoms with van der Waals surface area (Å²) in [6.45, 7) is 0. The predicted octanol–water partition coefficient (Wildman–Crippen LogP) is 5.58. The summed E-state index contributed by atoms with van der Waals surface area (Å²) in [4.78, 5) is 12.9. The summed E-state index contributed by atoms with van der Waals surface area (Å²) in [5.41, 5.74) is 7.71. The predicted molar refractivity (Wildman–Crippen MR) is 106 cm³/mol. The molecule has 3 nitrogen and oxygen atoms in total. The van der Waals surface area contributed by atoms with Crippen LogP contribution in [-0.4, -0.2) is 5.91 Å². The standard InChI is InChI=1S/C21H16Cl2N2O/c22-16-11-12-17(18(23)13-16)21(26)24-25-19-7-3-1-5-14(19)9-10-15-6-2-4-8-20(15)25/h1-8,11-13H,9-10H2,(H,24,26). The zero-order valence-electron chi connectivity index (χ0n) is 13.9. The second kappa shape index (κ2) is 7.02. The van der Waals surface area contributed by atoms with Crippen molar-refractivity contribution >= 4 is 40.5 Å². The number of para-hydroxylation sites is 2. The van der Waals surface area contributed by atoms with E-state index in [1.54, 1.807) is 18.2 Å². The SMILES string of the molecule is O=C(NN1c2ccccc2CCc2ccccc21)c1ccc(Cl)cc1Cl. The molecule has 0 aliphatic carbocycles. The molecule has 1 aliphatic heterocycles. The third-order valence-electron chi connectivity index (χ3n) is 4.52. The Bertz CT molecular complexity index is 940. The first-order valence-electron chi connectivity index (χ1n) is 8.35. The van der Waals surface area contributed by atoms with Gasteiger partial charge in [-0.1, -0.05) is 59.6 Å². The molecule has 0 spiro atoms. The number of halogens is 2. The highest BCUT2D eigenvalue weighted by Crippen LogP contribution is 2.34. The van der Waals surface area contributed by atoms with Crippen molar-refractivity contribution in [1.82, 2.24) is 5.43 Å². The number of amides is 1. The Kier molecular flexibility index (Phi) is 4.58. The Hall–Kier alpha value is -2.49. The highest BCUT2D eigenvalue weighted by Gasteiger charge is 2.23. The molecule has 0 saturated carbocycles. The number of hydrogen-bond acceptors (Lipinski definition) is 2. The van der Waals surface area contributed by atoms with E-state index in [1.165, 1.54) is 11.1 Å². The molecule has 0 atom stereocenters. The summed E-state index contributed by atoms with van der Waals surface area (Å²) < 4.78 is 0. The fraction of sp³-hybridized carbons (Fsp3) is 0.0952. The van der Waals surface area contributed by atoms with Gasteiger partial charge in [0, 0.05) is 5.02 Å². The van der Waals surface area contributed by atoms with Crippen LogP contribution in [0.15, 0.2) is 66.7 Å². The van der Waals surface area contributed by atoms with Gasteiger partial charge in [0.1, 0.15) is 0 Å². The number of nitrogens with zero attached hydrogens (tertiary/aromatic N) is 1. The van der Waals surface area contributed by atoms with Crippen LogP contribution in [0.5, 0.6) is 0 Å². The van der Waals surface area contributed by atoms with Gasteiger partial charge in [-0.3, -0.25) is 15.2 Å². The van der Waals surface area contributed by atoms with Crippen LogP contribution < -0.4 is 10.4 Å². The molecule has 1 amide bonds. The number of aryl methyl sites for hydroxylation is 2. The van der Waals surface area contributed by atoms with Crippen LogP contribution in [0.1, 0.15) is 21.5 Å². The molecule has 4 rings (SSSR count). The van der Waals surface area contributed by atoms with E-state index < -0.39 is 0 Å². The van der Waals surface area contributed by atoms with Crippen molar-refractivity contribution < 1.29 is 4.79 Å². The molecule has 5 heteroatoms. The molecular weight excluding hydrogens is 367 g/mol. The fourth-order valence-electron chi connectivity index (χ4n) is 3.24. The number of hydrogen-bond donors (Lipinski definition) is 1. The maximum Gasteiger partial charge on any atom is 0.271 e. The number of carbonyl (C=O) groups is 1. The van der Waals surface area contributed by atoms with Crippen LogP contribution in [0.3, 0.4) is 0 Å². The summed E-state index contributed by atoms with van der Waals surface area (Å²) >= 11 is 12.2. The Morgan fingerprint density at radius 1 is 0.846 bits per heavy atom. The van der Waals surface area contributed by atoms with E-state index in [2.05, 4.69) is 17.6 Å². The van der Waals surface area contributed by atoms with Crippen molar-refractivity contribution in [2.75, 3.05) is 5.01 Å². The highest BCUT2D eigenvalue weighted by molar-refractivity contribution is 6.36. The Balaban J connectivity index is 1.76. The largest absolute Gasteiger partial charge is 0.271 e. The van der Waals surface area contributed by atoms with Crippen molar-refractivity contribution in [3.63, 3.8) is 0 Å². The molecule has 1 N–H and O–H groups in total. The summed E-state index contributed by atoms with van der Waals surface area (Å²) in [5.74, 6) is -0.279. The fourth-order valence-corrected chi connectivity index (χ4v) is 3.73. The molecular formula is C21H16Cl2N2O. The lowest BCUT2D eigenvalue weighted by Gasteiger charge is -2.27. The summed E-state index contributed by atoms with van der Waals surface area (Å²) in [7, 11) is 0. The number of fused-ring (bicyclic) bond motifs is 2. The Morgan fingerprint density at radius 3 is 2.00 bits per heavy atom. The Morgan fingerprint density at radius 2 is 1.42 bits per heavy atom. The van der Waals surface area contributed by atoms with Crippen LogP contribution in [0.4, 0.5) is 11.4 Å². The van der Waals surface area contributed by atoms with E-state index in [-0.39, 0.29) is 5.91 Å². The minimum atomic E-state index is -0.279. The first kappa shape index (κ1) is 17.0. The summed E-state index contributed by atoms with van der Waals surface area (Å²) in [5, 5.41) is 2.67. The van der Waals surface area contributed by atoms with Crippen LogP contribution in [0, 0.1) is 0 Å². The average Bonchev–Trinajstić information content (AvgIpc) is 2.79. The minimum absolute atomic E-state index is 0.279. The number of hydrazine groups is 1. The second-order valence-corrected chi connectivity index (χ2v) is 7.00. The zero-order valence-corrected chi connectivity index (χ0v) is 15.4. The molecule has 0 radical (unpaired) electrons. The van der Waals surface area contributed by atoms with Gasteiger partial charge in [0.15, 0.2) is 0 Å². The van der Waals surface area contributed by atoms with Gasteiger partial charge in [-0.2, -0.15) is 0 Å². The van der Waals surface area contributed by atoms with Gasteiger partial charge in [-0.25, -0.2) is 0 Å². The molecule has 0 bridgehead atoms. The lowest BCUT2D eigenvalue weighted by atomic mass is 10.0. The first-order chi connectivity index (χ1) is 12.6. The van der Waals surface area contributed by atoms with E-state index in [1.807, 2.05) is 41.4 Å². The van der Waals surface area contributed by atoms with Crippen molar-refractivity contribution in [2.24, 2.45) is 0 Å². The molecule has 1 aliphatic rings. The third kappa shape index (κ3) is 3.16. The molecule has 3 aromatic carbocycles. The number of anilines is 2. The van der Waals surface area contributed by atoms with Crippen molar-refractivity contribution in [1.29, 1.82) is 0 Å². The number of carbonyl (C=O) groups excluding carboxylic acids is 1. The van der Waals surface area contributed by atoms with Crippen LogP contribution in [0.25, 0.3) is 0 Å². The van der Waals surface area contributed by atoms with Crippen LogP contribution in [0.2, 0.25) is 10.0 Å². The number of rotatable bonds is 2. The van der Waals surface area contributed by atoms with E-state index >= 15 is 0 Å². The van der Waals surface area contributed by atoms with Gasteiger partial charge in [-0.15, -0.1) is 0 Å². The Labute approximate surface area is 162 Å². The second-order valence-electron chi connectivity index (χ2n) is 6.16.